The molecule has 0 heterocycles. The van der Waals surface area contributed by atoms with Crippen LogP contribution in [0.5, 0.6) is 11.5 Å². The molecule has 0 aromatic heterocycles. The van der Waals surface area contributed by atoms with Crippen LogP contribution in [0.4, 0.5) is 0 Å². The highest BCUT2D eigenvalue weighted by atomic mass is 16.5. The average molecular weight is 396 g/mol. The third-order valence-electron chi connectivity index (χ3n) is 4.19. The zero-order chi connectivity index (χ0) is 21.4. The number of benzene rings is 2. The number of hydrogen-bond donors (Lipinski definition) is 2. The molecule has 0 aliphatic heterocycles. The van der Waals surface area contributed by atoms with E-state index >= 15 is 0 Å². The average Bonchev–Trinajstić information content (AvgIpc) is 2.71. The molecule has 0 fully saturated rings. The van der Waals surface area contributed by atoms with Crippen LogP contribution < -0.4 is 20.1 Å². The van der Waals surface area contributed by atoms with Crippen molar-refractivity contribution in [1.82, 2.24) is 10.6 Å². The second-order valence-corrected chi connectivity index (χ2v) is 7.54. The molecule has 2 aromatic carbocycles. The summed E-state index contributed by atoms with van der Waals surface area (Å²) in [6.45, 7) is 5.73. The second kappa shape index (κ2) is 9.78. The van der Waals surface area contributed by atoms with Crippen molar-refractivity contribution in [2.75, 3.05) is 14.2 Å². The highest BCUT2D eigenvalue weighted by molar-refractivity contribution is 6.02. The summed E-state index contributed by atoms with van der Waals surface area (Å²) in [5.74, 6) is 0.492. The fourth-order valence-electron chi connectivity index (χ4n) is 2.45. The Balaban J connectivity index is 2.29. The first-order valence-electron chi connectivity index (χ1n) is 9.32. The molecule has 0 atom stereocenters. The minimum Gasteiger partial charge on any atom is -0.493 e. The molecule has 6 nitrogen and oxygen atoms in total. The molecule has 0 radical (unpaired) electrons. The number of carbonyl (C=O) groups is 2. The number of hydrogen-bond acceptors (Lipinski definition) is 4. The van der Waals surface area contributed by atoms with Gasteiger partial charge in [0, 0.05) is 12.0 Å². The van der Waals surface area contributed by atoms with E-state index in [1.807, 2.05) is 30.3 Å². The Bertz CT molecular complexity index is 883. The van der Waals surface area contributed by atoms with Crippen LogP contribution in [0.3, 0.4) is 0 Å². The highest BCUT2D eigenvalue weighted by Gasteiger charge is 2.24. The number of nitrogens with one attached hydrogen (secondary N) is 2. The van der Waals surface area contributed by atoms with Gasteiger partial charge in [-0.2, -0.15) is 0 Å². The van der Waals surface area contributed by atoms with Crippen LogP contribution in [0.15, 0.2) is 54.2 Å². The summed E-state index contributed by atoms with van der Waals surface area (Å²) in [4.78, 5) is 25.3. The minimum atomic E-state index is -0.642. The van der Waals surface area contributed by atoms with Crippen LogP contribution >= 0.6 is 0 Å². The largest absolute Gasteiger partial charge is 0.493 e. The van der Waals surface area contributed by atoms with Crippen LogP contribution in [0.1, 0.15) is 31.9 Å². The van der Waals surface area contributed by atoms with Gasteiger partial charge in [0.2, 0.25) is 5.91 Å². The van der Waals surface area contributed by atoms with Crippen molar-refractivity contribution >= 4 is 17.9 Å². The van der Waals surface area contributed by atoms with E-state index in [-0.39, 0.29) is 17.5 Å². The first-order chi connectivity index (χ1) is 13.7. The molecule has 29 heavy (non-hydrogen) atoms. The topological polar surface area (TPSA) is 76.7 Å². The van der Waals surface area contributed by atoms with Gasteiger partial charge in [-0.1, -0.05) is 57.2 Å². The molecule has 0 saturated carbocycles. The Labute approximate surface area is 171 Å². The molecule has 0 aliphatic carbocycles. The van der Waals surface area contributed by atoms with E-state index in [9.17, 15) is 9.59 Å². The van der Waals surface area contributed by atoms with E-state index < -0.39 is 5.41 Å². The molecule has 2 N–H and O–H groups in total. The zero-order valence-corrected chi connectivity index (χ0v) is 17.5. The monoisotopic (exact) mass is 396 g/mol. The molecule has 6 heteroatoms. The molecule has 0 bridgehead atoms. The fraction of sp³-hybridized carbons (Fsp3) is 0.304. The van der Waals surface area contributed by atoms with Crippen LogP contribution in [-0.2, 0) is 16.1 Å². The standard InChI is InChI=1S/C23H28N2O4/c1-23(2,3)22(27)25-18(21(26)24-15-16-9-7-6-8-10-16)13-17-11-12-19(28-4)20(14-17)29-5/h6-14H,15H2,1-5H3,(H,24,26)(H,25,27)/b18-13-. The summed E-state index contributed by atoms with van der Waals surface area (Å²) >= 11 is 0. The summed E-state index contributed by atoms with van der Waals surface area (Å²) < 4.78 is 10.6. The van der Waals surface area contributed by atoms with Crippen molar-refractivity contribution in [3.05, 3.63) is 65.4 Å². The minimum absolute atomic E-state index is 0.160. The Kier molecular flexibility index (Phi) is 7.42. The lowest BCUT2D eigenvalue weighted by Crippen LogP contribution is -2.39. The normalized spacial score (nSPS) is 11.6. The van der Waals surface area contributed by atoms with Crippen LogP contribution in [0, 0.1) is 5.41 Å². The number of amides is 2. The van der Waals surface area contributed by atoms with Crippen LogP contribution in [-0.4, -0.2) is 26.0 Å². The van der Waals surface area contributed by atoms with Gasteiger partial charge >= 0.3 is 0 Å². The molecule has 0 saturated heterocycles. The number of carbonyl (C=O) groups excluding carboxylic acids is 2. The quantitative estimate of drug-likeness (QED) is 0.702. The molecule has 154 valence electrons. The van der Waals surface area contributed by atoms with E-state index in [2.05, 4.69) is 10.6 Å². The molecule has 2 amide bonds. The number of methoxy groups -OCH3 is 2. The second-order valence-electron chi connectivity index (χ2n) is 7.54. The summed E-state index contributed by atoms with van der Waals surface area (Å²) in [6.07, 6.45) is 1.62. The fourth-order valence-corrected chi connectivity index (χ4v) is 2.45. The molecule has 2 rings (SSSR count). The van der Waals surface area contributed by atoms with E-state index in [0.717, 1.165) is 5.56 Å². The molecule has 2 aromatic rings. The summed E-state index contributed by atoms with van der Waals surface area (Å²) in [5, 5.41) is 5.60. The highest BCUT2D eigenvalue weighted by Crippen LogP contribution is 2.28. The first kappa shape index (κ1) is 22.0. The van der Waals surface area contributed by atoms with Crippen molar-refractivity contribution in [2.24, 2.45) is 5.41 Å². The summed E-state index contributed by atoms with van der Waals surface area (Å²) in [6, 6.07) is 14.8. The van der Waals surface area contributed by atoms with Crippen molar-refractivity contribution < 1.29 is 19.1 Å². The zero-order valence-electron chi connectivity index (χ0n) is 17.5. The van der Waals surface area contributed by atoms with Gasteiger partial charge in [-0.05, 0) is 29.3 Å². The Morgan fingerprint density at radius 3 is 2.21 bits per heavy atom. The third-order valence-corrected chi connectivity index (χ3v) is 4.19. The molecule has 0 unspecified atom stereocenters. The third kappa shape index (κ3) is 6.38. The van der Waals surface area contributed by atoms with Crippen LogP contribution in [0.2, 0.25) is 0 Å². The maximum Gasteiger partial charge on any atom is 0.268 e. The van der Waals surface area contributed by atoms with E-state index in [0.29, 0.717) is 23.6 Å². The van der Waals surface area contributed by atoms with Gasteiger partial charge < -0.3 is 20.1 Å². The summed E-state index contributed by atoms with van der Waals surface area (Å²) in [7, 11) is 3.10. The Hall–Kier alpha value is -3.28. The SMILES string of the molecule is COc1ccc(/C=C(\NC(=O)C(C)(C)C)C(=O)NCc2ccccc2)cc1OC. The van der Waals surface area contributed by atoms with E-state index in [1.165, 1.54) is 0 Å². The van der Waals surface area contributed by atoms with Gasteiger partial charge in [0.25, 0.3) is 5.91 Å². The lowest BCUT2D eigenvalue weighted by Gasteiger charge is -2.19. The predicted molar refractivity (Wildman–Crippen MR) is 113 cm³/mol. The smallest absolute Gasteiger partial charge is 0.268 e. The van der Waals surface area contributed by atoms with Gasteiger partial charge in [-0.15, -0.1) is 0 Å². The Morgan fingerprint density at radius 2 is 1.62 bits per heavy atom. The van der Waals surface area contributed by atoms with Crippen molar-refractivity contribution in [1.29, 1.82) is 0 Å². The molecule has 0 spiro atoms. The first-order valence-corrected chi connectivity index (χ1v) is 9.32. The van der Waals surface area contributed by atoms with Crippen molar-refractivity contribution in [3.8, 4) is 11.5 Å². The van der Waals surface area contributed by atoms with E-state index in [4.69, 9.17) is 9.47 Å². The lowest BCUT2D eigenvalue weighted by molar-refractivity contribution is -0.129. The predicted octanol–water partition coefficient (Wildman–Crippen LogP) is 3.52. The van der Waals surface area contributed by atoms with Crippen LogP contribution in [0.25, 0.3) is 6.08 Å². The van der Waals surface area contributed by atoms with Crippen molar-refractivity contribution in [2.45, 2.75) is 27.3 Å². The van der Waals surface area contributed by atoms with Gasteiger partial charge in [0.1, 0.15) is 5.70 Å². The van der Waals surface area contributed by atoms with Gasteiger partial charge in [-0.25, -0.2) is 0 Å². The molecular formula is C23H28N2O4. The van der Waals surface area contributed by atoms with Gasteiger partial charge in [-0.3, -0.25) is 9.59 Å². The molecule has 0 aliphatic rings. The molecular weight excluding hydrogens is 368 g/mol. The Morgan fingerprint density at radius 1 is 0.966 bits per heavy atom. The number of rotatable bonds is 7. The van der Waals surface area contributed by atoms with Gasteiger partial charge in [0.15, 0.2) is 11.5 Å². The number of ether oxygens (including phenoxy) is 2. The maximum atomic E-state index is 12.8. The summed E-state index contributed by atoms with van der Waals surface area (Å²) in [5.41, 5.74) is 1.18. The lowest BCUT2D eigenvalue weighted by atomic mass is 9.95. The maximum absolute atomic E-state index is 12.8. The van der Waals surface area contributed by atoms with Gasteiger partial charge in [0.05, 0.1) is 14.2 Å². The van der Waals surface area contributed by atoms with Crippen molar-refractivity contribution in [3.63, 3.8) is 0 Å². The van der Waals surface area contributed by atoms with E-state index in [1.54, 1.807) is 59.3 Å².